The standard InChI is InChI=1S/C20H30O4/c1-14(11-16(3)9-10-17(4)21)7-6-8-15(2)12-19(23)20(24)13-18(5)22/h6-12,18-20,22-24H,13H2,1-5H3/t18-,19+,20+/m1/s1. The van der Waals surface area contributed by atoms with Crippen LogP contribution in [0.1, 0.15) is 41.0 Å². The summed E-state index contributed by atoms with van der Waals surface area (Å²) in [4.78, 5) is 10.9. The van der Waals surface area contributed by atoms with Gasteiger partial charge in [0.05, 0.1) is 18.3 Å². The summed E-state index contributed by atoms with van der Waals surface area (Å²) in [6.45, 7) is 8.79. The smallest absolute Gasteiger partial charge is 0.152 e. The first-order valence-electron chi connectivity index (χ1n) is 8.06. The molecule has 0 unspecified atom stereocenters. The Bertz CT molecular complexity index is 548. The van der Waals surface area contributed by atoms with Crippen molar-refractivity contribution in [3.63, 3.8) is 0 Å². The molecular weight excluding hydrogens is 304 g/mol. The Kier molecular flexibility index (Phi) is 10.9. The number of hydrogen-bond donors (Lipinski definition) is 3. The molecule has 0 aliphatic heterocycles. The number of rotatable bonds is 9. The minimum absolute atomic E-state index is 0.0152. The Morgan fingerprint density at radius 3 is 2.08 bits per heavy atom. The lowest BCUT2D eigenvalue weighted by Crippen LogP contribution is -2.27. The van der Waals surface area contributed by atoms with Gasteiger partial charge >= 0.3 is 0 Å². The van der Waals surface area contributed by atoms with Gasteiger partial charge in [-0.3, -0.25) is 4.79 Å². The van der Waals surface area contributed by atoms with Crippen molar-refractivity contribution >= 4 is 5.78 Å². The number of aliphatic hydroxyl groups is 3. The highest BCUT2D eigenvalue weighted by atomic mass is 16.3. The molecule has 0 aromatic carbocycles. The minimum atomic E-state index is -1.01. The van der Waals surface area contributed by atoms with E-state index in [1.165, 1.54) is 13.0 Å². The van der Waals surface area contributed by atoms with E-state index in [1.807, 2.05) is 45.1 Å². The minimum Gasteiger partial charge on any atom is -0.393 e. The van der Waals surface area contributed by atoms with Gasteiger partial charge in [-0.1, -0.05) is 53.2 Å². The zero-order valence-corrected chi connectivity index (χ0v) is 15.2. The first-order chi connectivity index (χ1) is 11.1. The molecule has 0 saturated carbocycles. The predicted octanol–water partition coefficient (Wildman–Crippen LogP) is 3.02. The summed E-state index contributed by atoms with van der Waals surface area (Å²) < 4.78 is 0. The Morgan fingerprint density at radius 2 is 1.54 bits per heavy atom. The molecule has 0 aromatic rings. The van der Waals surface area contributed by atoms with E-state index in [-0.39, 0.29) is 12.2 Å². The van der Waals surface area contributed by atoms with Gasteiger partial charge in [0.25, 0.3) is 0 Å². The quantitative estimate of drug-likeness (QED) is 0.447. The maximum atomic E-state index is 10.9. The maximum absolute atomic E-state index is 10.9. The molecule has 0 fully saturated rings. The second-order valence-electron chi connectivity index (χ2n) is 6.16. The van der Waals surface area contributed by atoms with Gasteiger partial charge < -0.3 is 15.3 Å². The first-order valence-corrected chi connectivity index (χ1v) is 8.06. The lowest BCUT2D eigenvalue weighted by Gasteiger charge is -2.16. The molecular formula is C20H30O4. The van der Waals surface area contributed by atoms with Crippen LogP contribution in [0.4, 0.5) is 0 Å². The lowest BCUT2D eigenvalue weighted by atomic mass is 10.0. The Labute approximate surface area is 145 Å². The highest BCUT2D eigenvalue weighted by molar-refractivity contribution is 5.87. The summed E-state index contributed by atoms with van der Waals surface area (Å²) in [5.74, 6) is 0.0152. The predicted molar refractivity (Wildman–Crippen MR) is 98.5 cm³/mol. The van der Waals surface area contributed by atoms with Crippen molar-refractivity contribution in [1.29, 1.82) is 0 Å². The molecule has 0 amide bonds. The normalized spacial score (nSPS) is 18.2. The van der Waals surface area contributed by atoms with Gasteiger partial charge in [0.15, 0.2) is 5.78 Å². The van der Waals surface area contributed by atoms with Gasteiger partial charge in [-0.15, -0.1) is 0 Å². The Hall–Kier alpha value is -1.75. The van der Waals surface area contributed by atoms with E-state index < -0.39 is 18.3 Å². The van der Waals surface area contributed by atoms with Gasteiger partial charge in [-0.05, 0) is 40.7 Å². The van der Waals surface area contributed by atoms with E-state index >= 15 is 0 Å². The van der Waals surface area contributed by atoms with Gasteiger partial charge in [0.2, 0.25) is 0 Å². The van der Waals surface area contributed by atoms with E-state index in [2.05, 4.69) is 0 Å². The summed E-state index contributed by atoms with van der Waals surface area (Å²) in [5, 5.41) is 28.8. The maximum Gasteiger partial charge on any atom is 0.152 e. The number of hydrogen-bond acceptors (Lipinski definition) is 4. The highest BCUT2D eigenvalue weighted by Crippen LogP contribution is 2.08. The van der Waals surface area contributed by atoms with Crippen molar-refractivity contribution in [2.45, 2.75) is 59.4 Å². The zero-order valence-electron chi connectivity index (χ0n) is 15.2. The molecule has 3 atom stereocenters. The van der Waals surface area contributed by atoms with E-state index in [0.29, 0.717) is 0 Å². The van der Waals surface area contributed by atoms with Crippen molar-refractivity contribution in [2.75, 3.05) is 0 Å². The average Bonchev–Trinajstić information content (AvgIpc) is 2.44. The molecule has 0 heterocycles. The molecule has 0 spiro atoms. The number of carbonyl (C=O) groups excluding carboxylic acids is 1. The van der Waals surface area contributed by atoms with Crippen LogP contribution < -0.4 is 0 Å². The van der Waals surface area contributed by atoms with Crippen LogP contribution in [0, 0.1) is 0 Å². The van der Waals surface area contributed by atoms with Crippen LogP contribution in [-0.4, -0.2) is 39.4 Å². The third-order valence-corrected chi connectivity index (χ3v) is 3.16. The van der Waals surface area contributed by atoms with Crippen LogP contribution in [0.3, 0.4) is 0 Å². The molecule has 0 bridgehead atoms. The summed E-state index contributed by atoms with van der Waals surface area (Å²) in [6, 6.07) is 0. The fraction of sp³-hybridized carbons (Fsp3) is 0.450. The average molecular weight is 334 g/mol. The van der Waals surface area contributed by atoms with Crippen LogP contribution in [0.25, 0.3) is 0 Å². The number of aliphatic hydroxyl groups excluding tert-OH is 3. The van der Waals surface area contributed by atoms with E-state index in [0.717, 1.165) is 16.7 Å². The monoisotopic (exact) mass is 334 g/mol. The molecule has 0 radical (unpaired) electrons. The van der Waals surface area contributed by atoms with Crippen molar-refractivity contribution in [1.82, 2.24) is 0 Å². The number of carbonyl (C=O) groups is 1. The summed E-state index contributed by atoms with van der Waals surface area (Å²) in [6.07, 6.45) is 9.91. The van der Waals surface area contributed by atoms with Gasteiger partial charge in [0.1, 0.15) is 0 Å². The van der Waals surface area contributed by atoms with Gasteiger partial charge in [0, 0.05) is 6.42 Å². The van der Waals surface area contributed by atoms with Crippen LogP contribution in [-0.2, 0) is 4.79 Å². The summed E-state index contributed by atoms with van der Waals surface area (Å²) >= 11 is 0. The molecule has 0 aliphatic carbocycles. The molecule has 0 aliphatic rings. The second-order valence-corrected chi connectivity index (χ2v) is 6.16. The van der Waals surface area contributed by atoms with Crippen molar-refractivity contribution < 1.29 is 20.1 Å². The fourth-order valence-electron chi connectivity index (χ4n) is 1.98. The molecule has 3 N–H and O–H groups in total. The molecule has 0 aromatic heterocycles. The van der Waals surface area contributed by atoms with Crippen LogP contribution in [0.5, 0.6) is 0 Å². The third-order valence-electron chi connectivity index (χ3n) is 3.16. The molecule has 4 heteroatoms. The second kappa shape index (κ2) is 11.7. The van der Waals surface area contributed by atoms with E-state index in [1.54, 1.807) is 19.1 Å². The third kappa shape index (κ3) is 11.8. The molecule has 24 heavy (non-hydrogen) atoms. The van der Waals surface area contributed by atoms with Crippen LogP contribution >= 0.6 is 0 Å². The number of ketones is 1. The lowest BCUT2D eigenvalue weighted by molar-refractivity contribution is -0.112. The SMILES string of the molecule is CC(=O)C=CC(C)=CC(C)=CC=CC(C)=C[C@H](O)[C@@H](O)C[C@@H](C)O. The van der Waals surface area contributed by atoms with Crippen molar-refractivity contribution in [3.05, 3.63) is 59.3 Å². The van der Waals surface area contributed by atoms with E-state index in [4.69, 9.17) is 0 Å². The largest absolute Gasteiger partial charge is 0.393 e. The summed E-state index contributed by atoms with van der Waals surface area (Å²) in [5.41, 5.74) is 2.82. The fourth-order valence-corrected chi connectivity index (χ4v) is 1.98. The van der Waals surface area contributed by atoms with E-state index in [9.17, 15) is 20.1 Å². The molecule has 4 nitrogen and oxygen atoms in total. The molecule has 0 rings (SSSR count). The Morgan fingerprint density at radius 1 is 0.917 bits per heavy atom. The van der Waals surface area contributed by atoms with Crippen LogP contribution in [0.2, 0.25) is 0 Å². The summed E-state index contributed by atoms with van der Waals surface area (Å²) in [7, 11) is 0. The van der Waals surface area contributed by atoms with Gasteiger partial charge in [-0.25, -0.2) is 0 Å². The first kappa shape index (κ1) is 22.2. The van der Waals surface area contributed by atoms with Crippen molar-refractivity contribution in [3.8, 4) is 0 Å². The zero-order chi connectivity index (χ0) is 18.7. The number of allylic oxidation sites excluding steroid dienone is 9. The van der Waals surface area contributed by atoms with Gasteiger partial charge in [-0.2, -0.15) is 0 Å². The van der Waals surface area contributed by atoms with Crippen LogP contribution in [0.15, 0.2) is 59.3 Å². The Balaban J connectivity index is 4.74. The topological polar surface area (TPSA) is 77.8 Å². The molecule has 134 valence electrons. The van der Waals surface area contributed by atoms with Crippen molar-refractivity contribution in [2.24, 2.45) is 0 Å². The molecule has 0 saturated heterocycles. The highest BCUT2D eigenvalue weighted by Gasteiger charge is 2.15.